The molecule has 0 aliphatic heterocycles. The Labute approximate surface area is 539 Å². The molecule has 14 rings (SSSR count). The van der Waals surface area contributed by atoms with Crippen LogP contribution in [0.4, 0.5) is 34.1 Å². The lowest BCUT2D eigenvalue weighted by Gasteiger charge is -2.36. The fraction of sp³-hybridized carbons (Fsp3) is 0.241. The number of fused-ring (bicyclic) bond motifs is 10. The van der Waals surface area contributed by atoms with Crippen LogP contribution in [0.25, 0.3) is 60.6 Å². The van der Waals surface area contributed by atoms with Crippen molar-refractivity contribution in [3.05, 3.63) is 293 Å². The van der Waals surface area contributed by atoms with Gasteiger partial charge in [-0.05, 0) is 192 Å². The van der Waals surface area contributed by atoms with E-state index in [-0.39, 0.29) is 27.1 Å². The highest BCUT2D eigenvalue weighted by Gasteiger charge is 2.49. The zero-order valence-electron chi connectivity index (χ0n) is 55.8. The molecule has 4 nitrogen and oxygen atoms in total. The molecule has 91 heavy (non-hydrogen) atoms. The van der Waals surface area contributed by atoms with Gasteiger partial charge in [-0.3, -0.25) is 0 Å². The third-order valence-electron chi connectivity index (χ3n) is 19.5. The first-order valence-corrected chi connectivity index (χ1v) is 32.6. The molecule has 0 saturated carbocycles. The van der Waals surface area contributed by atoms with Gasteiger partial charge in [0.1, 0.15) is 11.2 Å². The Kier molecular flexibility index (Phi) is 13.9. The minimum atomic E-state index is -0.936. The van der Waals surface area contributed by atoms with Crippen LogP contribution in [-0.2, 0) is 32.5 Å². The van der Waals surface area contributed by atoms with Crippen molar-refractivity contribution in [2.75, 3.05) is 9.80 Å². The van der Waals surface area contributed by atoms with Crippen molar-refractivity contribution in [2.45, 2.75) is 136 Å². The Balaban J connectivity index is 1.15. The Hall–Kier alpha value is -9.38. The van der Waals surface area contributed by atoms with E-state index < -0.39 is 5.41 Å². The quantitative estimate of drug-likeness (QED) is 0.144. The zero-order chi connectivity index (χ0) is 63.7. The molecule has 0 bridgehead atoms. The van der Waals surface area contributed by atoms with Crippen LogP contribution in [0.1, 0.15) is 154 Å². The molecule has 1 aliphatic carbocycles. The lowest BCUT2D eigenvalue weighted by molar-refractivity contribution is 0.589. The second-order valence-electron chi connectivity index (χ2n) is 30.7. The number of furan rings is 1. The molecule has 2 aromatic heterocycles. The van der Waals surface area contributed by atoms with Crippen molar-refractivity contribution < 1.29 is 4.42 Å². The molecule has 1 atom stereocenters. The van der Waals surface area contributed by atoms with Crippen molar-refractivity contribution in [2.24, 2.45) is 0 Å². The summed E-state index contributed by atoms with van der Waals surface area (Å²) in [5.74, 6) is 0. The third kappa shape index (κ3) is 10.1. The summed E-state index contributed by atoms with van der Waals surface area (Å²) in [5, 5.41) is 4.57. The minimum absolute atomic E-state index is 0.0109. The molecular formula is C87H85N3O. The zero-order valence-corrected chi connectivity index (χ0v) is 55.8. The average Bonchev–Trinajstić information content (AvgIpc) is 1.52. The van der Waals surface area contributed by atoms with Gasteiger partial charge in [-0.2, -0.15) is 0 Å². The summed E-state index contributed by atoms with van der Waals surface area (Å²) in [5.41, 5.74) is 23.9. The first-order chi connectivity index (χ1) is 43.3. The van der Waals surface area contributed by atoms with Gasteiger partial charge < -0.3 is 18.8 Å². The number of para-hydroxylation sites is 3. The van der Waals surface area contributed by atoms with E-state index in [9.17, 15) is 0 Å². The summed E-state index contributed by atoms with van der Waals surface area (Å²) in [6.07, 6.45) is 0. The van der Waals surface area contributed by atoms with Crippen LogP contribution in [0, 0.1) is 0 Å². The van der Waals surface area contributed by atoms with E-state index >= 15 is 0 Å². The Morgan fingerprint density at radius 1 is 0.330 bits per heavy atom. The van der Waals surface area contributed by atoms with Gasteiger partial charge in [0.2, 0.25) is 0 Å². The van der Waals surface area contributed by atoms with Crippen LogP contribution in [0.5, 0.6) is 0 Å². The lowest BCUT2D eigenvalue weighted by atomic mass is 9.66. The van der Waals surface area contributed by atoms with Gasteiger partial charge in [-0.15, -0.1) is 0 Å². The second-order valence-corrected chi connectivity index (χ2v) is 30.7. The Morgan fingerprint density at radius 2 is 0.758 bits per heavy atom. The molecule has 0 N–H and O–H groups in total. The maximum Gasteiger partial charge on any atom is 0.145 e. The van der Waals surface area contributed by atoms with E-state index in [2.05, 4.69) is 361 Å². The number of benzene rings is 11. The highest BCUT2D eigenvalue weighted by Crippen LogP contribution is 2.62. The fourth-order valence-corrected chi connectivity index (χ4v) is 14.3. The van der Waals surface area contributed by atoms with Crippen LogP contribution < -0.4 is 9.80 Å². The molecule has 0 amide bonds. The summed E-state index contributed by atoms with van der Waals surface area (Å²) in [4.78, 5) is 4.92. The lowest BCUT2D eigenvalue weighted by Crippen LogP contribution is -2.29. The topological polar surface area (TPSA) is 24.6 Å². The van der Waals surface area contributed by atoms with Crippen LogP contribution in [0.15, 0.2) is 247 Å². The number of hydrogen-bond donors (Lipinski definition) is 0. The van der Waals surface area contributed by atoms with Gasteiger partial charge in [0.15, 0.2) is 0 Å². The maximum atomic E-state index is 7.58. The summed E-state index contributed by atoms with van der Waals surface area (Å²) in [6, 6.07) is 92.3. The van der Waals surface area contributed by atoms with E-state index in [0.717, 1.165) is 84.0 Å². The largest absolute Gasteiger partial charge is 0.455 e. The monoisotopic (exact) mass is 1190 g/mol. The van der Waals surface area contributed by atoms with E-state index in [1.165, 1.54) is 60.8 Å². The van der Waals surface area contributed by atoms with Crippen LogP contribution >= 0.6 is 0 Å². The summed E-state index contributed by atoms with van der Waals surface area (Å²) < 4.78 is 10.1. The third-order valence-corrected chi connectivity index (χ3v) is 19.5. The predicted octanol–water partition coefficient (Wildman–Crippen LogP) is 24.5. The fourth-order valence-electron chi connectivity index (χ4n) is 14.3. The minimum Gasteiger partial charge on any atom is -0.455 e. The van der Waals surface area contributed by atoms with E-state index in [1.54, 1.807) is 0 Å². The number of nitrogens with zero attached hydrogens (tertiary/aromatic N) is 3. The highest BCUT2D eigenvalue weighted by molar-refractivity contribution is 6.20. The van der Waals surface area contributed by atoms with Crippen LogP contribution in [0.3, 0.4) is 0 Å². The summed E-state index contributed by atoms with van der Waals surface area (Å²) in [6.45, 7) is 34.6. The average molecular weight is 1190 g/mol. The van der Waals surface area contributed by atoms with Crippen molar-refractivity contribution in [1.29, 1.82) is 0 Å². The number of anilines is 6. The molecule has 4 heteroatoms. The van der Waals surface area contributed by atoms with Crippen molar-refractivity contribution in [3.8, 4) is 16.8 Å². The van der Waals surface area contributed by atoms with Gasteiger partial charge >= 0.3 is 0 Å². The van der Waals surface area contributed by atoms with Gasteiger partial charge in [0, 0.05) is 55.8 Å². The first-order valence-electron chi connectivity index (χ1n) is 32.6. The Bertz CT molecular complexity index is 4890. The number of rotatable bonds is 9. The standard InChI is InChI=1S/C87H85N3O/c1-82(2,3)56-30-32-60(33-31-56)87(62-41-51-76-72(53-62)71-52-61(86(13,14)15)40-50-75(71)90(76)67-46-38-59(39-47-67)85(10,11)12)73-54-68(88(63-24-18-16-19-25-63)65-42-34-57(35-43-65)83(4,5)6)48-49-69(73)79-74(87)55-77(80-70-28-22-23-29-78(70)91-81(79)80)89(64-26-20-17-21-27-64)66-44-36-58(37-45-66)84(7,8)9/h16-55H,1-15H3. The molecule has 2 heterocycles. The number of aromatic nitrogens is 1. The predicted molar refractivity (Wildman–Crippen MR) is 388 cm³/mol. The van der Waals surface area contributed by atoms with Crippen molar-refractivity contribution in [3.63, 3.8) is 0 Å². The second kappa shape index (κ2) is 21.4. The van der Waals surface area contributed by atoms with Crippen molar-refractivity contribution in [1.82, 2.24) is 4.57 Å². The summed E-state index contributed by atoms with van der Waals surface area (Å²) in [7, 11) is 0. The molecule has 11 aromatic carbocycles. The molecule has 1 aliphatic rings. The molecule has 0 fully saturated rings. The molecule has 0 spiro atoms. The molecule has 0 radical (unpaired) electrons. The normalized spacial score (nSPS) is 14.6. The molecule has 13 aromatic rings. The van der Waals surface area contributed by atoms with Crippen LogP contribution in [-0.4, -0.2) is 4.57 Å². The Morgan fingerprint density at radius 3 is 1.31 bits per heavy atom. The summed E-state index contributed by atoms with van der Waals surface area (Å²) >= 11 is 0. The van der Waals surface area contributed by atoms with E-state index in [1.807, 2.05) is 0 Å². The SMILES string of the molecule is CC(C)(C)c1ccc(N(c2ccccc2)c2ccc3c(c2)C(c2ccc(C(C)(C)C)cc2)(c2ccc4c(c2)c2cc(C(C)(C)C)ccc2n4-c2ccc(C(C)(C)C)cc2)c2cc(N(c4ccccc4)c4ccc(C(C)(C)C)cc4)c4c(oc5ccccc54)c2-3)cc1. The van der Waals surface area contributed by atoms with E-state index in [4.69, 9.17) is 4.42 Å². The first kappa shape index (κ1) is 59.3. The van der Waals surface area contributed by atoms with Gasteiger partial charge in [-0.1, -0.05) is 237 Å². The maximum absolute atomic E-state index is 7.58. The van der Waals surface area contributed by atoms with Gasteiger partial charge in [0.05, 0.1) is 27.5 Å². The van der Waals surface area contributed by atoms with Gasteiger partial charge in [0.25, 0.3) is 0 Å². The molecule has 1 unspecified atom stereocenters. The molecule has 0 saturated heterocycles. The highest BCUT2D eigenvalue weighted by atomic mass is 16.3. The molecular weight excluding hydrogens is 1100 g/mol. The van der Waals surface area contributed by atoms with Gasteiger partial charge in [-0.25, -0.2) is 0 Å². The van der Waals surface area contributed by atoms with Crippen LogP contribution in [0.2, 0.25) is 0 Å². The van der Waals surface area contributed by atoms with E-state index in [0.29, 0.717) is 0 Å². The number of hydrogen-bond acceptors (Lipinski definition) is 3. The van der Waals surface area contributed by atoms with Crippen molar-refractivity contribution >= 4 is 77.9 Å². The molecule has 454 valence electrons. The smallest absolute Gasteiger partial charge is 0.145 e.